The molecular formula is C14H19ClFNO2. The molecule has 5 heteroatoms. The SMILES string of the molecule is CC(C)(CCCO)CNC(=O)c1ccc(Cl)cc1F. The van der Waals surface area contributed by atoms with Crippen molar-refractivity contribution in [2.24, 2.45) is 5.41 Å². The van der Waals surface area contributed by atoms with E-state index in [4.69, 9.17) is 16.7 Å². The standard InChI is InChI=1S/C14H19ClFNO2/c1-14(2,6-3-7-18)9-17-13(19)11-5-4-10(15)8-12(11)16/h4-5,8,18H,3,6-7,9H2,1-2H3,(H,17,19). The fourth-order valence-electron chi connectivity index (χ4n) is 1.73. The minimum atomic E-state index is -0.627. The highest BCUT2D eigenvalue weighted by Gasteiger charge is 2.20. The van der Waals surface area contributed by atoms with Crippen LogP contribution in [0.15, 0.2) is 18.2 Å². The number of benzene rings is 1. The number of halogens is 2. The van der Waals surface area contributed by atoms with Crippen molar-refractivity contribution in [3.05, 3.63) is 34.6 Å². The van der Waals surface area contributed by atoms with Crippen molar-refractivity contribution < 1.29 is 14.3 Å². The summed E-state index contributed by atoms with van der Waals surface area (Å²) in [7, 11) is 0. The first kappa shape index (κ1) is 15.9. The van der Waals surface area contributed by atoms with Crippen LogP contribution in [0, 0.1) is 11.2 Å². The maximum Gasteiger partial charge on any atom is 0.254 e. The molecule has 0 aromatic heterocycles. The molecular weight excluding hydrogens is 269 g/mol. The molecule has 3 nitrogen and oxygen atoms in total. The number of amides is 1. The molecule has 0 saturated heterocycles. The van der Waals surface area contributed by atoms with E-state index >= 15 is 0 Å². The molecule has 0 bridgehead atoms. The van der Waals surface area contributed by atoms with E-state index in [9.17, 15) is 9.18 Å². The summed E-state index contributed by atoms with van der Waals surface area (Å²) in [6, 6.07) is 3.97. The number of carbonyl (C=O) groups excluding carboxylic acids is 1. The van der Waals surface area contributed by atoms with Crippen LogP contribution in [0.2, 0.25) is 5.02 Å². The second-order valence-electron chi connectivity index (χ2n) is 5.30. The number of hydrogen-bond donors (Lipinski definition) is 2. The quantitative estimate of drug-likeness (QED) is 0.845. The van der Waals surface area contributed by atoms with Crippen LogP contribution in [0.3, 0.4) is 0 Å². The summed E-state index contributed by atoms with van der Waals surface area (Å²) < 4.78 is 13.5. The van der Waals surface area contributed by atoms with E-state index in [1.54, 1.807) is 0 Å². The summed E-state index contributed by atoms with van der Waals surface area (Å²) in [6.07, 6.45) is 1.46. The normalized spacial score (nSPS) is 11.4. The third-order valence-corrected chi connectivity index (χ3v) is 3.15. The predicted molar refractivity (Wildman–Crippen MR) is 73.8 cm³/mol. The highest BCUT2D eigenvalue weighted by molar-refractivity contribution is 6.30. The Morgan fingerprint density at radius 3 is 2.74 bits per heavy atom. The lowest BCUT2D eigenvalue weighted by molar-refractivity contribution is 0.0929. The van der Waals surface area contributed by atoms with Crippen molar-refractivity contribution >= 4 is 17.5 Å². The summed E-state index contributed by atoms with van der Waals surface area (Å²) in [5, 5.41) is 11.8. The third kappa shape index (κ3) is 5.17. The van der Waals surface area contributed by atoms with Crippen molar-refractivity contribution in [1.29, 1.82) is 0 Å². The lowest BCUT2D eigenvalue weighted by Crippen LogP contribution is -2.34. The van der Waals surface area contributed by atoms with E-state index < -0.39 is 11.7 Å². The molecule has 1 aromatic rings. The van der Waals surface area contributed by atoms with Gasteiger partial charge in [0.1, 0.15) is 5.82 Å². The number of aliphatic hydroxyl groups is 1. The van der Waals surface area contributed by atoms with Gasteiger partial charge >= 0.3 is 0 Å². The van der Waals surface area contributed by atoms with E-state index in [0.29, 0.717) is 13.0 Å². The van der Waals surface area contributed by atoms with Gasteiger partial charge in [-0.05, 0) is 36.5 Å². The van der Waals surface area contributed by atoms with Crippen LogP contribution in [-0.2, 0) is 0 Å². The summed E-state index contributed by atoms with van der Waals surface area (Å²) >= 11 is 5.63. The lowest BCUT2D eigenvalue weighted by Gasteiger charge is -2.24. The van der Waals surface area contributed by atoms with Crippen LogP contribution < -0.4 is 5.32 Å². The first-order chi connectivity index (χ1) is 8.85. The molecule has 0 radical (unpaired) electrons. The van der Waals surface area contributed by atoms with Gasteiger partial charge in [-0.1, -0.05) is 25.4 Å². The van der Waals surface area contributed by atoms with E-state index in [1.165, 1.54) is 12.1 Å². The van der Waals surface area contributed by atoms with Gasteiger partial charge in [-0.3, -0.25) is 4.79 Å². The summed E-state index contributed by atoms with van der Waals surface area (Å²) in [5.41, 5.74) is -0.149. The predicted octanol–water partition coefficient (Wildman–Crippen LogP) is 3.01. The molecule has 19 heavy (non-hydrogen) atoms. The van der Waals surface area contributed by atoms with Gasteiger partial charge in [-0.15, -0.1) is 0 Å². The molecule has 0 spiro atoms. The number of rotatable bonds is 6. The van der Waals surface area contributed by atoms with Crippen LogP contribution in [-0.4, -0.2) is 24.2 Å². The molecule has 0 saturated carbocycles. The molecule has 0 atom stereocenters. The Bertz CT molecular complexity index is 449. The minimum Gasteiger partial charge on any atom is -0.396 e. The van der Waals surface area contributed by atoms with Crippen molar-refractivity contribution in [1.82, 2.24) is 5.32 Å². The third-order valence-electron chi connectivity index (χ3n) is 2.91. The maximum absolute atomic E-state index is 13.5. The van der Waals surface area contributed by atoms with Crippen molar-refractivity contribution in [3.8, 4) is 0 Å². The Morgan fingerprint density at radius 2 is 2.16 bits per heavy atom. The summed E-state index contributed by atoms with van der Waals surface area (Å²) in [5.74, 6) is -1.08. The van der Waals surface area contributed by atoms with Crippen LogP contribution in [0.4, 0.5) is 4.39 Å². The minimum absolute atomic E-state index is 0.0117. The van der Waals surface area contributed by atoms with E-state index in [-0.39, 0.29) is 22.6 Å². The number of aliphatic hydroxyl groups excluding tert-OH is 1. The zero-order chi connectivity index (χ0) is 14.5. The van der Waals surface area contributed by atoms with Gasteiger partial charge in [-0.25, -0.2) is 4.39 Å². The number of hydrogen-bond acceptors (Lipinski definition) is 2. The Balaban J connectivity index is 2.60. The van der Waals surface area contributed by atoms with Gasteiger partial charge in [0.2, 0.25) is 0 Å². The van der Waals surface area contributed by atoms with E-state index in [2.05, 4.69) is 5.32 Å². The molecule has 0 unspecified atom stereocenters. The first-order valence-corrected chi connectivity index (χ1v) is 6.57. The van der Waals surface area contributed by atoms with Crippen LogP contribution in [0.25, 0.3) is 0 Å². The average molecular weight is 288 g/mol. The van der Waals surface area contributed by atoms with Gasteiger partial charge in [0.25, 0.3) is 5.91 Å². The largest absolute Gasteiger partial charge is 0.396 e. The lowest BCUT2D eigenvalue weighted by atomic mass is 9.88. The van der Waals surface area contributed by atoms with Crippen LogP contribution in [0.5, 0.6) is 0 Å². The number of nitrogens with one attached hydrogen (secondary N) is 1. The van der Waals surface area contributed by atoms with E-state index in [1.807, 2.05) is 13.8 Å². The smallest absolute Gasteiger partial charge is 0.254 e. The molecule has 106 valence electrons. The van der Waals surface area contributed by atoms with Crippen molar-refractivity contribution in [3.63, 3.8) is 0 Å². The van der Waals surface area contributed by atoms with Gasteiger partial charge in [0, 0.05) is 18.2 Å². The monoisotopic (exact) mass is 287 g/mol. The summed E-state index contributed by atoms with van der Waals surface area (Å²) in [4.78, 5) is 11.9. The van der Waals surface area contributed by atoms with Gasteiger partial charge < -0.3 is 10.4 Å². The Morgan fingerprint density at radius 1 is 1.47 bits per heavy atom. The number of carbonyl (C=O) groups is 1. The van der Waals surface area contributed by atoms with Crippen LogP contribution >= 0.6 is 11.6 Å². The summed E-state index contributed by atoms with van der Waals surface area (Å²) in [6.45, 7) is 4.53. The van der Waals surface area contributed by atoms with Crippen molar-refractivity contribution in [2.75, 3.05) is 13.2 Å². The Hall–Kier alpha value is -1.13. The zero-order valence-electron chi connectivity index (χ0n) is 11.2. The molecule has 0 heterocycles. The Kier molecular flexibility index (Phi) is 5.76. The molecule has 0 aliphatic carbocycles. The van der Waals surface area contributed by atoms with Gasteiger partial charge in [-0.2, -0.15) is 0 Å². The molecule has 2 N–H and O–H groups in total. The van der Waals surface area contributed by atoms with Gasteiger partial charge in [0.05, 0.1) is 5.56 Å². The fraction of sp³-hybridized carbons (Fsp3) is 0.500. The maximum atomic E-state index is 13.5. The second-order valence-corrected chi connectivity index (χ2v) is 5.73. The first-order valence-electron chi connectivity index (χ1n) is 6.20. The molecule has 0 fully saturated rings. The highest BCUT2D eigenvalue weighted by atomic mass is 35.5. The fourth-order valence-corrected chi connectivity index (χ4v) is 1.89. The van der Waals surface area contributed by atoms with Gasteiger partial charge in [0.15, 0.2) is 0 Å². The highest BCUT2D eigenvalue weighted by Crippen LogP contribution is 2.21. The Labute approximate surface area is 117 Å². The molecule has 1 aromatic carbocycles. The molecule has 1 rings (SSSR count). The molecule has 0 aliphatic rings. The molecule has 0 aliphatic heterocycles. The van der Waals surface area contributed by atoms with Crippen molar-refractivity contribution in [2.45, 2.75) is 26.7 Å². The zero-order valence-corrected chi connectivity index (χ0v) is 11.9. The second kappa shape index (κ2) is 6.87. The van der Waals surface area contributed by atoms with Crippen LogP contribution in [0.1, 0.15) is 37.0 Å². The topological polar surface area (TPSA) is 49.3 Å². The van der Waals surface area contributed by atoms with E-state index in [0.717, 1.165) is 12.5 Å². The molecule has 1 amide bonds. The average Bonchev–Trinajstić information content (AvgIpc) is 2.34.